The van der Waals surface area contributed by atoms with Gasteiger partial charge in [-0.05, 0) is 12.1 Å². The summed E-state index contributed by atoms with van der Waals surface area (Å²) in [7, 11) is 0. The minimum atomic E-state index is -1.45. The molecule has 0 fully saturated rings. The van der Waals surface area contributed by atoms with E-state index in [-0.39, 0.29) is 5.69 Å². The van der Waals surface area contributed by atoms with Crippen molar-refractivity contribution in [3.63, 3.8) is 0 Å². The molecule has 0 aliphatic carbocycles. The Labute approximate surface area is 101 Å². The Balaban J connectivity index is 2.16. The molecule has 0 spiro atoms. The maximum Gasteiger partial charge on any atom is 0.196 e. The van der Waals surface area contributed by atoms with Crippen LogP contribution >= 0.6 is 0 Å². The van der Waals surface area contributed by atoms with Crippen LogP contribution in [0.3, 0.4) is 0 Å². The Morgan fingerprint density at radius 1 is 1.17 bits per heavy atom. The van der Waals surface area contributed by atoms with Crippen molar-refractivity contribution in [1.82, 2.24) is 14.9 Å². The molecule has 0 atom stereocenters. The summed E-state index contributed by atoms with van der Waals surface area (Å²) in [6.45, 7) is 1.36. The molecular weight excluding hydrogens is 243 g/mol. The summed E-state index contributed by atoms with van der Waals surface area (Å²) in [5.74, 6) is -3.83. The third-order valence-electron chi connectivity index (χ3n) is 3.06. The van der Waals surface area contributed by atoms with Gasteiger partial charge in [-0.3, -0.25) is 4.57 Å². The van der Waals surface area contributed by atoms with Gasteiger partial charge in [-0.25, -0.2) is 18.2 Å². The van der Waals surface area contributed by atoms with E-state index in [4.69, 9.17) is 0 Å². The molecule has 1 N–H and O–H groups in total. The van der Waals surface area contributed by atoms with Gasteiger partial charge in [0.1, 0.15) is 0 Å². The summed E-state index contributed by atoms with van der Waals surface area (Å²) >= 11 is 0. The van der Waals surface area contributed by atoms with E-state index in [2.05, 4.69) is 10.3 Å². The summed E-state index contributed by atoms with van der Waals surface area (Å²) in [6, 6.07) is 2.14. The second-order valence-electron chi connectivity index (χ2n) is 4.13. The Kier molecular flexibility index (Phi) is 2.59. The van der Waals surface area contributed by atoms with E-state index >= 15 is 0 Å². The highest BCUT2D eigenvalue weighted by Crippen LogP contribution is 2.23. The quantitative estimate of drug-likeness (QED) is 0.787. The van der Waals surface area contributed by atoms with Crippen LogP contribution in [0.25, 0.3) is 5.69 Å². The van der Waals surface area contributed by atoms with Crippen molar-refractivity contribution in [3.8, 4) is 5.69 Å². The van der Waals surface area contributed by atoms with Crippen LogP contribution in [0.5, 0.6) is 0 Å². The Morgan fingerprint density at radius 3 is 2.83 bits per heavy atom. The maximum absolute atomic E-state index is 13.7. The molecule has 2 heterocycles. The highest BCUT2D eigenvalue weighted by Gasteiger charge is 2.20. The molecular formula is C12H10F3N3. The van der Waals surface area contributed by atoms with Crippen LogP contribution in [0.4, 0.5) is 13.2 Å². The molecule has 0 unspecified atom stereocenters. The molecule has 1 aliphatic rings. The van der Waals surface area contributed by atoms with Crippen molar-refractivity contribution in [2.45, 2.75) is 13.0 Å². The summed E-state index contributed by atoms with van der Waals surface area (Å²) in [5.41, 5.74) is 1.63. The fraction of sp³-hybridized carbons (Fsp3) is 0.250. The van der Waals surface area contributed by atoms with Gasteiger partial charge < -0.3 is 5.32 Å². The van der Waals surface area contributed by atoms with Crippen LogP contribution < -0.4 is 5.32 Å². The fourth-order valence-corrected chi connectivity index (χ4v) is 2.15. The lowest BCUT2D eigenvalue weighted by atomic mass is 10.1. The third-order valence-corrected chi connectivity index (χ3v) is 3.06. The predicted octanol–water partition coefficient (Wildman–Crippen LogP) is 1.94. The lowest BCUT2D eigenvalue weighted by Gasteiger charge is -2.15. The zero-order chi connectivity index (χ0) is 12.7. The first kappa shape index (κ1) is 11.3. The van der Waals surface area contributed by atoms with Crippen LogP contribution in [0.1, 0.15) is 11.4 Å². The van der Waals surface area contributed by atoms with Gasteiger partial charge in [0.25, 0.3) is 0 Å². The van der Waals surface area contributed by atoms with Crippen molar-refractivity contribution >= 4 is 0 Å². The molecule has 0 bridgehead atoms. The average molecular weight is 253 g/mol. The number of benzene rings is 1. The van der Waals surface area contributed by atoms with E-state index in [1.165, 1.54) is 17.0 Å². The Bertz CT molecular complexity index is 607. The lowest BCUT2D eigenvalue weighted by molar-refractivity contribution is 0.444. The van der Waals surface area contributed by atoms with E-state index in [1.54, 1.807) is 0 Å². The van der Waals surface area contributed by atoms with E-state index in [9.17, 15) is 13.2 Å². The molecule has 1 aromatic heterocycles. The molecule has 6 heteroatoms. The normalized spacial score (nSPS) is 14.6. The van der Waals surface area contributed by atoms with Gasteiger partial charge in [0.15, 0.2) is 17.5 Å². The second-order valence-corrected chi connectivity index (χ2v) is 4.13. The molecule has 3 rings (SSSR count). The van der Waals surface area contributed by atoms with Crippen LogP contribution in [0.2, 0.25) is 0 Å². The minimum Gasteiger partial charge on any atom is -0.311 e. The maximum atomic E-state index is 13.7. The fourth-order valence-electron chi connectivity index (χ4n) is 2.15. The van der Waals surface area contributed by atoms with Crippen LogP contribution in [-0.2, 0) is 13.0 Å². The van der Waals surface area contributed by atoms with Gasteiger partial charge in [0.05, 0.1) is 17.7 Å². The summed E-state index contributed by atoms with van der Waals surface area (Å²) < 4.78 is 41.3. The largest absolute Gasteiger partial charge is 0.311 e. The number of nitrogens with one attached hydrogen (secondary N) is 1. The molecule has 0 amide bonds. The SMILES string of the molecule is Fc1ccc(-n2cnc3c2CCNC3)c(F)c1F. The Hall–Kier alpha value is -1.82. The van der Waals surface area contributed by atoms with Crippen molar-refractivity contribution in [2.75, 3.05) is 6.54 Å². The van der Waals surface area contributed by atoms with E-state index in [0.29, 0.717) is 13.0 Å². The minimum absolute atomic E-state index is 0.00968. The summed E-state index contributed by atoms with van der Waals surface area (Å²) in [4.78, 5) is 4.14. The van der Waals surface area contributed by atoms with Crippen molar-refractivity contribution in [3.05, 3.63) is 47.3 Å². The van der Waals surface area contributed by atoms with Gasteiger partial charge in [-0.15, -0.1) is 0 Å². The lowest BCUT2D eigenvalue weighted by Crippen LogP contribution is -2.25. The van der Waals surface area contributed by atoms with E-state index in [0.717, 1.165) is 24.0 Å². The number of hydrogen-bond acceptors (Lipinski definition) is 2. The molecule has 18 heavy (non-hydrogen) atoms. The van der Waals surface area contributed by atoms with Crippen LogP contribution in [-0.4, -0.2) is 16.1 Å². The first-order valence-electron chi connectivity index (χ1n) is 5.58. The van der Waals surface area contributed by atoms with E-state index in [1.807, 2.05) is 0 Å². The number of halogens is 3. The first-order valence-corrected chi connectivity index (χ1v) is 5.58. The van der Waals surface area contributed by atoms with Crippen LogP contribution in [0, 0.1) is 17.5 Å². The van der Waals surface area contributed by atoms with Gasteiger partial charge in [-0.2, -0.15) is 0 Å². The average Bonchev–Trinajstić information content (AvgIpc) is 2.80. The predicted molar refractivity (Wildman–Crippen MR) is 58.8 cm³/mol. The summed E-state index contributed by atoms with van der Waals surface area (Å²) in [5, 5.41) is 3.14. The molecule has 1 aliphatic heterocycles. The molecule has 1 aromatic carbocycles. The second kappa shape index (κ2) is 4.13. The third kappa shape index (κ3) is 1.60. The smallest absolute Gasteiger partial charge is 0.196 e. The standard InChI is InChI=1S/C12H10F3N3/c13-7-1-2-10(12(15)11(7)14)18-6-17-8-5-16-4-3-9(8)18/h1-2,6,16H,3-5H2. The molecule has 0 saturated heterocycles. The Morgan fingerprint density at radius 2 is 2.00 bits per heavy atom. The monoisotopic (exact) mass is 253 g/mol. The van der Waals surface area contributed by atoms with E-state index < -0.39 is 17.5 Å². The van der Waals surface area contributed by atoms with Gasteiger partial charge in [-0.1, -0.05) is 0 Å². The first-order chi connectivity index (χ1) is 8.68. The van der Waals surface area contributed by atoms with Crippen molar-refractivity contribution < 1.29 is 13.2 Å². The number of rotatable bonds is 1. The topological polar surface area (TPSA) is 29.9 Å². The highest BCUT2D eigenvalue weighted by atomic mass is 19.2. The van der Waals surface area contributed by atoms with Crippen LogP contribution in [0.15, 0.2) is 18.5 Å². The number of hydrogen-bond donors (Lipinski definition) is 1. The molecule has 2 aromatic rings. The number of aromatic nitrogens is 2. The number of nitrogens with zero attached hydrogens (tertiary/aromatic N) is 2. The zero-order valence-electron chi connectivity index (χ0n) is 9.38. The number of imidazole rings is 1. The van der Waals surface area contributed by atoms with Gasteiger partial charge >= 0.3 is 0 Å². The zero-order valence-corrected chi connectivity index (χ0v) is 9.38. The van der Waals surface area contributed by atoms with Gasteiger partial charge in [0, 0.05) is 25.2 Å². The molecule has 94 valence electrons. The highest BCUT2D eigenvalue weighted by molar-refractivity contribution is 5.38. The molecule has 0 radical (unpaired) electrons. The van der Waals surface area contributed by atoms with Crippen molar-refractivity contribution in [1.29, 1.82) is 0 Å². The number of fused-ring (bicyclic) bond motifs is 1. The molecule has 3 nitrogen and oxygen atoms in total. The van der Waals surface area contributed by atoms with Gasteiger partial charge in [0.2, 0.25) is 0 Å². The van der Waals surface area contributed by atoms with Crippen molar-refractivity contribution in [2.24, 2.45) is 0 Å². The molecule has 0 saturated carbocycles. The summed E-state index contributed by atoms with van der Waals surface area (Å²) in [6.07, 6.45) is 2.11.